The summed E-state index contributed by atoms with van der Waals surface area (Å²) < 4.78 is 21.1. The van der Waals surface area contributed by atoms with Gasteiger partial charge in [0.05, 0.1) is 5.52 Å². The van der Waals surface area contributed by atoms with Crippen molar-refractivity contribution in [3.63, 3.8) is 0 Å². The SMILES string of the molecule is CC(=O)OC[C@@H](OC(C)=O)[C@@H](OC(C)=O)[C@@H](OC(C)=O)C(=O)c1n[nH]c2ccc(Br)cc12. The molecule has 0 aliphatic rings. The van der Waals surface area contributed by atoms with Crippen LogP contribution in [0.1, 0.15) is 38.2 Å². The van der Waals surface area contributed by atoms with Gasteiger partial charge in [-0.1, -0.05) is 15.9 Å². The Morgan fingerprint density at radius 1 is 0.938 bits per heavy atom. The Balaban J connectivity index is 2.55. The quantitative estimate of drug-likeness (QED) is 0.299. The molecule has 1 N–H and O–H groups in total. The number of H-pyrrole nitrogens is 1. The molecule has 2 aromatic rings. The molecule has 0 unspecified atom stereocenters. The number of halogens is 1. The van der Waals surface area contributed by atoms with Gasteiger partial charge in [0.25, 0.3) is 0 Å². The van der Waals surface area contributed by atoms with Crippen molar-refractivity contribution in [2.24, 2.45) is 0 Å². The molecule has 0 aliphatic heterocycles. The number of Topliss-reactive ketones (excluding diaryl/α,β-unsaturated/α-hetero) is 1. The standard InChI is InChI=1S/C20H21BrN2O9/c1-9(24)29-8-16(30-10(2)25)19(31-11(3)26)20(32-12(4)27)18(28)17-14-7-13(21)5-6-15(14)22-23-17/h5-7,16,19-20H,8H2,1-4H3,(H,22,23)/t16-,19-,20+/m1/s1. The molecule has 0 fully saturated rings. The van der Waals surface area contributed by atoms with Crippen LogP contribution in [0.25, 0.3) is 10.9 Å². The van der Waals surface area contributed by atoms with Crippen LogP contribution >= 0.6 is 15.9 Å². The lowest BCUT2D eigenvalue weighted by Crippen LogP contribution is -2.50. The van der Waals surface area contributed by atoms with Crippen molar-refractivity contribution in [3.05, 3.63) is 28.4 Å². The Morgan fingerprint density at radius 3 is 2.12 bits per heavy atom. The fourth-order valence-corrected chi connectivity index (χ4v) is 3.25. The molecule has 2 rings (SSSR count). The van der Waals surface area contributed by atoms with Gasteiger partial charge in [-0.15, -0.1) is 0 Å². The predicted octanol–water partition coefficient (Wildman–Crippen LogP) is 1.87. The summed E-state index contributed by atoms with van der Waals surface area (Å²) in [6, 6.07) is 5.03. The smallest absolute Gasteiger partial charge is 0.303 e. The molecule has 1 aromatic heterocycles. The summed E-state index contributed by atoms with van der Waals surface area (Å²) in [4.78, 5) is 59.9. The zero-order valence-corrected chi connectivity index (χ0v) is 19.3. The van der Waals surface area contributed by atoms with Crippen LogP contribution in [-0.2, 0) is 38.1 Å². The maximum Gasteiger partial charge on any atom is 0.303 e. The predicted molar refractivity (Wildman–Crippen MR) is 111 cm³/mol. The number of nitrogens with zero attached hydrogens (tertiary/aromatic N) is 1. The Bertz CT molecular complexity index is 1050. The van der Waals surface area contributed by atoms with Crippen LogP contribution in [0.4, 0.5) is 0 Å². The average Bonchev–Trinajstić information content (AvgIpc) is 3.09. The number of benzene rings is 1. The van der Waals surface area contributed by atoms with Crippen LogP contribution in [0, 0.1) is 0 Å². The minimum absolute atomic E-state index is 0.0984. The number of esters is 4. The van der Waals surface area contributed by atoms with E-state index in [4.69, 9.17) is 18.9 Å². The van der Waals surface area contributed by atoms with Crippen LogP contribution in [0.15, 0.2) is 22.7 Å². The van der Waals surface area contributed by atoms with E-state index < -0.39 is 54.6 Å². The van der Waals surface area contributed by atoms with Crippen LogP contribution in [0.5, 0.6) is 0 Å². The molecule has 1 aromatic carbocycles. The lowest BCUT2D eigenvalue weighted by molar-refractivity contribution is -0.185. The Labute approximate surface area is 190 Å². The molecular weight excluding hydrogens is 492 g/mol. The molecule has 0 amide bonds. The topological polar surface area (TPSA) is 151 Å². The third kappa shape index (κ3) is 6.61. The van der Waals surface area contributed by atoms with E-state index in [0.717, 1.165) is 27.7 Å². The zero-order valence-electron chi connectivity index (χ0n) is 17.7. The van der Waals surface area contributed by atoms with Crippen molar-refractivity contribution in [1.82, 2.24) is 10.2 Å². The van der Waals surface area contributed by atoms with E-state index in [1.165, 1.54) is 0 Å². The summed E-state index contributed by atoms with van der Waals surface area (Å²) in [5, 5.41) is 7.10. The summed E-state index contributed by atoms with van der Waals surface area (Å²) in [7, 11) is 0. The lowest BCUT2D eigenvalue weighted by Gasteiger charge is -2.30. The van der Waals surface area contributed by atoms with E-state index in [1.807, 2.05) is 0 Å². The first-order valence-corrected chi connectivity index (χ1v) is 10.1. The molecule has 3 atom stereocenters. The Kier molecular flexibility index (Phi) is 8.47. The van der Waals surface area contributed by atoms with Gasteiger partial charge in [0.1, 0.15) is 12.3 Å². The number of carbonyl (C=O) groups excluding carboxylic acids is 5. The lowest BCUT2D eigenvalue weighted by atomic mass is 9.99. The highest BCUT2D eigenvalue weighted by Gasteiger charge is 2.43. The minimum Gasteiger partial charge on any atom is -0.462 e. The largest absolute Gasteiger partial charge is 0.462 e. The second kappa shape index (κ2) is 10.8. The van der Waals surface area contributed by atoms with Gasteiger partial charge < -0.3 is 18.9 Å². The first-order valence-electron chi connectivity index (χ1n) is 9.32. The van der Waals surface area contributed by atoms with E-state index in [-0.39, 0.29) is 5.69 Å². The van der Waals surface area contributed by atoms with Crippen molar-refractivity contribution in [2.45, 2.75) is 46.0 Å². The van der Waals surface area contributed by atoms with Crippen LogP contribution < -0.4 is 0 Å². The average molecular weight is 513 g/mol. The molecule has 0 spiro atoms. The third-order valence-electron chi connectivity index (χ3n) is 4.04. The second-order valence-electron chi connectivity index (χ2n) is 6.68. The molecule has 0 radical (unpaired) electrons. The van der Waals surface area contributed by atoms with Gasteiger partial charge in [-0.3, -0.25) is 29.1 Å². The van der Waals surface area contributed by atoms with Gasteiger partial charge in [0, 0.05) is 37.6 Å². The van der Waals surface area contributed by atoms with Gasteiger partial charge in [-0.05, 0) is 18.2 Å². The van der Waals surface area contributed by atoms with Crippen LogP contribution in [-0.4, -0.2) is 64.8 Å². The number of aromatic amines is 1. The molecule has 32 heavy (non-hydrogen) atoms. The Hall–Kier alpha value is -3.28. The molecule has 0 aliphatic carbocycles. The van der Waals surface area contributed by atoms with Crippen LogP contribution in [0.2, 0.25) is 0 Å². The first kappa shape index (κ1) is 25.0. The number of fused-ring (bicyclic) bond motifs is 1. The number of ether oxygens (including phenoxy) is 4. The van der Waals surface area contributed by atoms with E-state index in [0.29, 0.717) is 15.4 Å². The van der Waals surface area contributed by atoms with Gasteiger partial charge in [0.15, 0.2) is 12.2 Å². The van der Waals surface area contributed by atoms with Crippen molar-refractivity contribution < 1.29 is 42.9 Å². The number of rotatable bonds is 9. The van der Waals surface area contributed by atoms with Gasteiger partial charge >= 0.3 is 23.9 Å². The van der Waals surface area contributed by atoms with Gasteiger partial charge in [0.2, 0.25) is 11.9 Å². The fourth-order valence-electron chi connectivity index (χ4n) is 2.89. The van der Waals surface area contributed by atoms with E-state index in [2.05, 4.69) is 26.1 Å². The maximum absolute atomic E-state index is 13.4. The Morgan fingerprint density at radius 2 is 1.56 bits per heavy atom. The van der Waals surface area contributed by atoms with Crippen molar-refractivity contribution in [1.29, 1.82) is 0 Å². The number of aromatic nitrogens is 2. The summed E-state index contributed by atoms with van der Waals surface area (Å²) in [5.41, 5.74) is 0.428. The van der Waals surface area contributed by atoms with Gasteiger partial charge in [-0.2, -0.15) is 5.10 Å². The molecule has 12 heteroatoms. The summed E-state index contributed by atoms with van der Waals surface area (Å²) in [6.07, 6.45) is -4.81. The van der Waals surface area contributed by atoms with Gasteiger partial charge in [-0.25, -0.2) is 0 Å². The summed E-state index contributed by atoms with van der Waals surface area (Å²) in [5.74, 6) is -4.05. The normalized spacial score (nSPS) is 13.5. The molecule has 0 saturated carbocycles. The monoisotopic (exact) mass is 512 g/mol. The summed E-state index contributed by atoms with van der Waals surface area (Å²) in [6.45, 7) is 3.75. The fraction of sp³-hybridized carbons (Fsp3) is 0.400. The number of hydrogen-bond acceptors (Lipinski definition) is 10. The molecule has 0 saturated heterocycles. The minimum atomic E-state index is -1.75. The number of ketones is 1. The number of nitrogens with one attached hydrogen (secondary N) is 1. The van der Waals surface area contributed by atoms with Crippen molar-refractivity contribution in [2.75, 3.05) is 6.61 Å². The highest BCUT2D eigenvalue weighted by Crippen LogP contribution is 2.25. The van der Waals surface area contributed by atoms with E-state index >= 15 is 0 Å². The molecule has 172 valence electrons. The molecular formula is C20H21BrN2O9. The van der Waals surface area contributed by atoms with E-state index in [1.54, 1.807) is 18.2 Å². The molecule has 0 bridgehead atoms. The molecule has 1 heterocycles. The van der Waals surface area contributed by atoms with Crippen molar-refractivity contribution >= 4 is 56.5 Å². The maximum atomic E-state index is 13.4. The number of hydrogen-bond donors (Lipinski definition) is 1. The zero-order chi connectivity index (χ0) is 24.0. The highest BCUT2D eigenvalue weighted by molar-refractivity contribution is 9.10. The highest BCUT2D eigenvalue weighted by atomic mass is 79.9. The summed E-state index contributed by atoms with van der Waals surface area (Å²) >= 11 is 3.31. The third-order valence-corrected chi connectivity index (χ3v) is 4.54. The first-order chi connectivity index (χ1) is 15.0. The van der Waals surface area contributed by atoms with Crippen LogP contribution in [0.3, 0.4) is 0 Å². The van der Waals surface area contributed by atoms with E-state index in [9.17, 15) is 24.0 Å². The van der Waals surface area contributed by atoms with Crippen molar-refractivity contribution in [3.8, 4) is 0 Å². The number of carbonyl (C=O) groups is 5. The molecule has 11 nitrogen and oxygen atoms in total. The second-order valence-corrected chi connectivity index (χ2v) is 7.60.